The van der Waals surface area contributed by atoms with Crippen molar-refractivity contribution in [2.75, 3.05) is 6.61 Å². The Labute approximate surface area is 138 Å². The molecule has 9 heteroatoms. The highest BCUT2D eigenvalue weighted by atomic mass is 32.1. The van der Waals surface area contributed by atoms with Crippen LogP contribution in [0.25, 0.3) is 0 Å². The molecule has 24 heavy (non-hydrogen) atoms. The summed E-state index contributed by atoms with van der Waals surface area (Å²) >= 11 is 1.12. The van der Waals surface area contributed by atoms with E-state index in [1.165, 1.54) is 6.07 Å². The van der Waals surface area contributed by atoms with Crippen LogP contribution in [0.5, 0.6) is 0 Å². The molecule has 1 heterocycles. The monoisotopic (exact) mass is 357 g/mol. The van der Waals surface area contributed by atoms with Gasteiger partial charge in [0.15, 0.2) is 6.61 Å². The van der Waals surface area contributed by atoms with Crippen LogP contribution in [0.3, 0.4) is 0 Å². The van der Waals surface area contributed by atoms with Gasteiger partial charge in [-0.2, -0.15) is 13.2 Å². The van der Waals surface area contributed by atoms with E-state index < -0.39 is 36.1 Å². The maximum absolute atomic E-state index is 12.6. The Morgan fingerprint density at radius 2 is 1.88 bits per heavy atom. The molecule has 1 aromatic carbocycles. The molecule has 126 valence electrons. The van der Waals surface area contributed by atoms with Gasteiger partial charge >= 0.3 is 12.1 Å². The van der Waals surface area contributed by atoms with Crippen LogP contribution in [0, 0.1) is 0 Å². The van der Waals surface area contributed by atoms with Gasteiger partial charge in [0.05, 0.1) is 16.0 Å². The molecule has 2 aromatic rings. The van der Waals surface area contributed by atoms with Gasteiger partial charge in [-0.3, -0.25) is 14.9 Å². The van der Waals surface area contributed by atoms with Crippen LogP contribution in [-0.4, -0.2) is 24.4 Å². The number of thiophene rings is 1. The first-order valence-electron chi connectivity index (χ1n) is 6.49. The predicted molar refractivity (Wildman–Crippen MR) is 78.5 cm³/mol. The summed E-state index contributed by atoms with van der Waals surface area (Å²) in [5.41, 5.74) is -1.35. The van der Waals surface area contributed by atoms with Gasteiger partial charge in [-0.15, -0.1) is 11.3 Å². The highest BCUT2D eigenvalue weighted by molar-refractivity contribution is 7.12. The SMILES string of the molecule is O=C(COC(=O)c1cccc(C(F)(F)F)c1)NC(=O)c1cccs1. The molecule has 2 amide bonds. The summed E-state index contributed by atoms with van der Waals surface area (Å²) in [6, 6.07) is 6.74. The van der Waals surface area contributed by atoms with Crippen molar-refractivity contribution in [2.24, 2.45) is 0 Å². The van der Waals surface area contributed by atoms with E-state index in [1.807, 2.05) is 5.32 Å². The molecule has 2 rings (SSSR count). The molecule has 1 aromatic heterocycles. The summed E-state index contributed by atoms with van der Waals surface area (Å²) in [5, 5.41) is 3.65. The molecule has 5 nitrogen and oxygen atoms in total. The van der Waals surface area contributed by atoms with Gasteiger partial charge in [0.25, 0.3) is 11.8 Å². The van der Waals surface area contributed by atoms with Crippen LogP contribution in [0.4, 0.5) is 13.2 Å². The molecule has 0 atom stereocenters. The first-order chi connectivity index (χ1) is 11.3. The van der Waals surface area contributed by atoms with Crippen LogP contribution in [0.2, 0.25) is 0 Å². The zero-order chi connectivity index (χ0) is 17.7. The molecule has 0 aliphatic carbocycles. The number of benzene rings is 1. The van der Waals surface area contributed by atoms with E-state index in [2.05, 4.69) is 4.74 Å². The third-order valence-corrected chi connectivity index (χ3v) is 3.63. The minimum absolute atomic E-state index is 0.299. The molecule has 0 bridgehead atoms. The van der Waals surface area contributed by atoms with E-state index in [1.54, 1.807) is 11.4 Å². The van der Waals surface area contributed by atoms with Gasteiger partial charge in [-0.1, -0.05) is 12.1 Å². The first-order valence-corrected chi connectivity index (χ1v) is 7.37. The maximum atomic E-state index is 12.6. The number of rotatable bonds is 4. The minimum atomic E-state index is -4.60. The lowest BCUT2D eigenvalue weighted by Gasteiger charge is -2.08. The van der Waals surface area contributed by atoms with Gasteiger partial charge in [0.2, 0.25) is 0 Å². The number of amides is 2. The highest BCUT2D eigenvalue weighted by Gasteiger charge is 2.31. The number of esters is 1. The number of imide groups is 1. The van der Waals surface area contributed by atoms with E-state index >= 15 is 0 Å². The van der Waals surface area contributed by atoms with Crippen LogP contribution < -0.4 is 5.32 Å². The van der Waals surface area contributed by atoms with Crippen LogP contribution >= 0.6 is 11.3 Å². The number of carbonyl (C=O) groups is 3. The summed E-state index contributed by atoms with van der Waals surface area (Å²) < 4.78 is 42.3. The van der Waals surface area contributed by atoms with Gasteiger partial charge in [0.1, 0.15) is 0 Å². The lowest BCUT2D eigenvalue weighted by molar-refractivity contribution is -0.137. The second-order valence-electron chi connectivity index (χ2n) is 4.51. The molecule has 0 fully saturated rings. The minimum Gasteiger partial charge on any atom is -0.452 e. The third kappa shape index (κ3) is 4.66. The maximum Gasteiger partial charge on any atom is 0.416 e. The van der Waals surface area contributed by atoms with Gasteiger partial charge < -0.3 is 4.74 Å². The Kier molecular flexibility index (Phi) is 5.35. The Bertz CT molecular complexity index is 756. The van der Waals surface area contributed by atoms with Crippen molar-refractivity contribution in [1.82, 2.24) is 5.32 Å². The molecule has 0 saturated carbocycles. The lowest BCUT2D eigenvalue weighted by atomic mass is 10.1. The summed E-state index contributed by atoms with van der Waals surface area (Å²) in [5.74, 6) is -2.63. The fraction of sp³-hybridized carbons (Fsp3) is 0.133. The molecule has 1 N–H and O–H groups in total. The van der Waals surface area contributed by atoms with E-state index in [9.17, 15) is 27.6 Å². The molecular formula is C15H10F3NO4S. The molecule has 0 aliphatic rings. The summed E-state index contributed by atoms with van der Waals surface area (Å²) in [7, 11) is 0. The topological polar surface area (TPSA) is 72.5 Å². The lowest BCUT2D eigenvalue weighted by Crippen LogP contribution is -2.33. The van der Waals surface area contributed by atoms with E-state index in [0.29, 0.717) is 10.9 Å². The van der Waals surface area contributed by atoms with Crippen molar-refractivity contribution in [1.29, 1.82) is 0 Å². The van der Waals surface area contributed by atoms with Gasteiger partial charge in [-0.25, -0.2) is 4.79 Å². The van der Waals surface area contributed by atoms with Crippen LogP contribution in [0.1, 0.15) is 25.6 Å². The summed E-state index contributed by atoms with van der Waals surface area (Å²) in [4.78, 5) is 35.1. The second kappa shape index (κ2) is 7.26. The fourth-order valence-corrected chi connectivity index (χ4v) is 2.29. The van der Waals surface area contributed by atoms with E-state index in [4.69, 9.17) is 0 Å². The number of ether oxygens (including phenoxy) is 1. The van der Waals surface area contributed by atoms with Crippen molar-refractivity contribution in [3.05, 3.63) is 57.8 Å². The van der Waals surface area contributed by atoms with E-state index in [-0.39, 0.29) is 5.56 Å². The molecule has 0 radical (unpaired) electrons. The molecule has 0 aliphatic heterocycles. The van der Waals surface area contributed by atoms with Crippen molar-refractivity contribution < 1.29 is 32.3 Å². The number of hydrogen-bond donors (Lipinski definition) is 1. The number of halogens is 3. The Morgan fingerprint density at radius 1 is 1.12 bits per heavy atom. The van der Waals surface area contributed by atoms with Crippen LogP contribution in [-0.2, 0) is 15.7 Å². The average molecular weight is 357 g/mol. The van der Waals surface area contributed by atoms with Crippen LogP contribution in [0.15, 0.2) is 41.8 Å². The number of carbonyl (C=O) groups excluding carboxylic acids is 3. The normalized spacial score (nSPS) is 11.0. The Hall–Kier alpha value is -2.68. The smallest absolute Gasteiger partial charge is 0.416 e. The fourth-order valence-electron chi connectivity index (χ4n) is 1.67. The van der Waals surface area contributed by atoms with Crippen molar-refractivity contribution in [3.8, 4) is 0 Å². The zero-order valence-electron chi connectivity index (χ0n) is 11.9. The summed E-state index contributed by atoms with van der Waals surface area (Å²) in [6.45, 7) is -0.786. The van der Waals surface area contributed by atoms with Crippen molar-refractivity contribution in [3.63, 3.8) is 0 Å². The van der Waals surface area contributed by atoms with Crippen molar-refractivity contribution in [2.45, 2.75) is 6.18 Å². The molecular weight excluding hydrogens is 347 g/mol. The predicted octanol–water partition coefficient (Wildman–Crippen LogP) is 2.88. The number of hydrogen-bond acceptors (Lipinski definition) is 5. The highest BCUT2D eigenvalue weighted by Crippen LogP contribution is 2.29. The largest absolute Gasteiger partial charge is 0.452 e. The zero-order valence-corrected chi connectivity index (χ0v) is 12.7. The molecule has 0 unspecified atom stereocenters. The Balaban J connectivity index is 1.91. The number of nitrogens with one attached hydrogen (secondary N) is 1. The first kappa shape index (κ1) is 17.7. The summed E-state index contributed by atoms with van der Waals surface area (Å²) in [6.07, 6.45) is -4.60. The van der Waals surface area contributed by atoms with Gasteiger partial charge in [0, 0.05) is 0 Å². The van der Waals surface area contributed by atoms with E-state index in [0.717, 1.165) is 29.5 Å². The van der Waals surface area contributed by atoms with Gasteiger partial charge in [-0.05, 0) is 29.6 Å². The Morgan fingerprint density at radius 3 is 2.50 bits per heavy atom. The molecule has 0 saturated heterocycles. The molecule has 0 spiro atoms. The standard InChI is InChI=1S/C15H10F3NO4S/c16-15(17,18)10-4-1-3-9(7-10)14(22)23-8-12(20)19-13(21)11-5-2-6-24-11/h1-7H,8H2,(H,19,20,21). The quantitative estimate of drug-likeness (QED) is 0.854. The van der Waals surface area contributed by atoms with Crippen molar-refractivity contribution >= 4 is 29.1 Å². The average Bonchev–Trinajstić information content (AvgIpc) is 3.06. The number of alkyl halides is 3. The third-order valence-electron chi connectivity index (χ3n) is 2.76. The second-order valence-corrected chi connectivity index (χ2v) is 5.46.